The Morgan fingerprint density at radius 2 is 1.60 bits per heavy atom. The normalized spacial score (nSPS) is 11.3. The van der Waals surface area contributed by atoms with Gasteiger partial charge in [-0.3, -0.25) is 0 Å². The van der Waals surface area contributed by atoms with E-state index in [4.69, 9.17) is 9.90 Å². The van der Waals surface area contributed by atoms with Crippen molar-refractivity contribution in [3.8, 4) is 0 Å². The van der Waals surface area contributed by atoms with Crippen molar-refractivity contribution in [2.45, 2.75) is 22.5 Å². The molecule has 0 radical (unpaired) electrons. The summed E-state index contributed by atoms with van der Waals surface area (Å²) >= 11 is 1.50. The highest BCUT2D eigenvalue weighted by molar-refractivity contribution is 7.98. The van der Waals surface area contributed by atoms with Crippen LogP contribution in [0.1, 0.15) is 5.56 Å². The molecule has 0 aliphatic heterocycles. The van der Waals surface area contributed by atoms with Gasteiger partial charge in [0.15, 0.2) is 0 Å². The van der Waals surface area contributed by atoms with E-state index in [1.165, 1.54) is 25.1 Å². The molecule has 40 heavy (non-hydrogen) atoms. The first-order valence-electron chi connectivity index (χ1n) is 11.1. The number of carbonyl (C=O) groups is 1. The summed E-state index contributed by atoms with van der Waals surface area (Å²) < 4.78 is 60.3. The molecule has 2 aromatic heterocycles. The number of rotatable bonds is 9. The highest BCUT2D eigenvalue weighted by Gasteiger charge is 2.38. The molecule has 2 aromatic carbocycles. The maximum absolute atomic E-state index is 12.2. The fraction of sp³-hybridized carbons (Fsp3) is 0.174. The Bertz CT molecular complexity index is 1530. The van der Waals surface area contributed by atoms with Crippen molar-refractivity contribution in [3.63, 3.8) is 0 Å². The average molecular weight is 597 g/mol. The van der Waals surface area contributed by atoms with Crippen molar-refractivity contribution in [2.75, 3.05) is 23.9 Å². The van der Waals surface area contributed by atoms with Crippen LogP contribution >= 0.6 is 11.8 Å². The van der Waals surface area contributed by atoms with Crippen LogP contribution in [-0.2, 0) is 21.4 Å². The number of anilines is 4. The molecule has 4 N–H and O–H groups in total. The van der Waals surface area contributed by atoms with Crippen LogP contribution < -0.4 is 15.4 Å². The molecule has 0 amide bonds. The molecule has 0 aliphatic rings. The van der Waals surface area contributed by atoms with E-state index in [9.17, 15) is 21.6 Å². The number of aromatic nitrogens is 5. The summed E-state index contributed by atoms with van der Waals surface area (Å²) in [6, 6.07) is 14.6. The second-order valence-electron chi connectivity index (χ2n) is 7.74. The van der Waals surface area contributed by atoms with Gasteiger partial charge in [0.25, 0.3) is 0 Å². The number of benzene rings is 2. The van der Waals surface area contributed by atoms with Gasteiger partial charge in [0.05, 0.1) is 10.6 Å². The van der Waals surface area contributed by atoms with E-state index in [-0.39, 0.29) is 4.90 Å². The lowest BCUT2D eigenvalue weighted by atomic mass is 10.2. The van der Waals surface area contributed by atoms with E-state index < -0.39 is 22.2 Å². The van der Waals surface area contributed by atoms with Crippen molar-refractivity contribution < 1.29 is 31.5 Å². The topological polar surface area (TPSA) is 164 Å². The van der Waals surface area contributed by atoms with Gasteiger partial charge in [-0.15, -0.1) is 22.0 Å². The second-order valence-corrected chi connectivity index (χ2v) is 10.5. The number of nitrogens with one attached hydrogen (secondary N) is 3. The Balaban J connectivity index is 0.000000559. The third-order valence-electron chi connectivity index (χ3n) is 4.98. The summed E-state index contributed by atoms with van der Waals surface area (Å²) in [4.78, 5) is 18.5. The third-order valence-corrected chi connectivity index (χ3v) is 7.19. The van der Waals surface area contributed by atoms with E-state index in [0.29, 0.717) is 23.9 Å². The number of halogens is 3. The predicted molar refractivity (Wildman–Crippen MR) is 142 cm³/mol. The number of nitrogens with zero attached hydrogens (tertiary/aromatic N) is 5. The summed E-state index contributed by atoms with van der Waals surface area (Å²) in [6.07, 6.45) is 1.63. The molecule has 0 atom stereocenters. The number of carboxylic acid groups (broad SMARTS) is 1. The van der Waals surface area contributed by atoms with Crippen molar-refractivity contribution >= 4 is 50.8 Å². The van der Waals surface area contributed by atoms with Gasteiger partial charge >= 0.3 is 12.1 Å². The smallest absolute Gasteiger partial charge is 0.475 e. The van der Waals surface area contributed by atoms with Crippen molar-refractivity contribution in [1.29, 1.82) is 0 Å². The quantitative estimate of drug-likeness (QED) is 0.207. The van der Waals surface area contributed by atoms with E-state index in [2.05, 4.69) is 35.5 Å². The molecule has 0 saturated heterocycles. The lowest BCUT2D eigenvalue weighted by Crippen LogP contribution is -2.21. The van der Waals surface area contributed by atoms with E-state index in [0.717, 1.165) is 16.1 Å². The van der Waals surface area contributed by atoms with Gasteiger partial charge in [-0.05, 0) is 49.2 Å². The van der Waals surface area contributed by atoms with Crippen LogP contribution in [0.15, 0.2) is 77.3 Å². The van der Waals surface area contributed by atoms with Crippen molar-refractivity contribution in [3.05, 3.63) is 73.1 Å². The van der Waals surface area contributed by atoms with Crippen molar-refractivity contribution in [1.82, 2.24) is 29.5 Å². The lowest BCUT2D eigenvalue weighted by molar-refractivity contribution is -0.192. The number of alkyl halides is 3. The van der Waals surface area contributed by atoms with E-state index >= 15 is 0 Å². The Hall–Kier alpha value is -4.22. The Morgan fingerprint density at radius 1 is 1.00 bits per heavy atom. The molecule has 0 fully saturated rings. The minimum absolute atomic E-state index is 0.171. The molecule has 0 unspecified atom stereocenters. The number of hydrogen-bond donors (Lipinski definition) is 4. The lowest BCUT2D eigenvalue weighted by Gasteiger charge is -2.13. The van der Waals surface area contributed by atoms with Crippen LogP contribution in [0.2, 0.25) is 0 Å². The molecule has 2 heterocycles. The van der Waals surface area contributed by atoms with Gasteiger partial charge in [-0.25, -0.2) is 27.9 Å². The molecular weight excluding hydrogens is 573 g/mol. The zero-order chi connectivity index (χ0) is 29.3. The molecule has 17 heteroatoms. The number of carboxylic acids is 1. The molecule has 4 rings (SSSR count). The fourth-order valence-corrected chi connectivity index (χ4v) is 4.35. The molecule has 0 saturated carbocycles. The van der Waals surface area contributed by atoms with Gasteiger partial charge in [0, 0.05) is 23.2 Å². The number of aliphatic carboxylic acids is 1. The predicted octanol–water partition coefficient (Wildman–Crippen LogP) is 3.87. The van der Waals surface area contributed by atoms with Crippen LogP contribution in [-0.4, -0.2) is 63.7 Å². The summed E-state index contributed by atoms with van der Waals surface area (Å²) in [5.74, 6) is -1.62. The van der Waals surface area contributed by atoms with Gasteiger partial charge < -0.3 is 20.3 Å². The first-order chi connectivity index (χ1) is 18.9. The largest absolute Gasteiger partial charge is 0.490 e. The van der Waals surface area contributed by atoms with Gasteiger partial charge in [-0.1, -0.05) is 12.1 Å². The van der Waals surface area contributed by atoms with Crippen LogP contribution in [0.25, 0.3) is 0 Å². The van der Waals surface area contributed by atoms with E-state index in [1.54, 1.807) is 36.9 Å². The maximum Gasteiger partial charge on any atom is 0.490 e. The average Bonchev–Trinajstić information content (AvgIpc) is 3.43. The Kier molecular flexibility index (Phi) is 10.0. The summed E-state index contributed by atoms with van der Waals surface area (Å²) in [5, 5.41) is 21.2. The molecule has 4 aromatic rings. The minimum atomic E-state index is -5.08. The monoisotopic (exact) mass is 596 g/mol. The minimum Gasteiger partial charge on any atom is -0.475 e. The first-order valence-corrected chi connectivity index (χ1v) is 13.8. The molecule has 0 aliphatic carbocycles. The van der Waals surface area contributed by atoms with Gasteiger partial charge in [-0.2, -0.15) is 13.2 Å². The molecule has 0 bridgehead atoms. The van der Waals surface area contributed by atoms with Crippen LogP contribution in [0, 0.1) is 0 Å². The fourth-order valence-electron chi connectivity index (χ4n) is 3.06. The summed E-state index contributed by atoms with van der Waals surface area (Å²) in [7, 11) is -2.18. The summed E-state index contributed by atoms with van der Waals surface area (Å²) in [5.41, 5.74) is 2.63. The van der Waals surface area contributed by atoms with Gasteiger partial charge in [0.1, 0.15) is 30.6 Å². The molecule has 212 valence electrons. The van der Waals surface area contributed by atoms with Crippen LogP contribution in [0.5, 0.6) is 0 Å². The highest BCUT2D eigenvalue weighted by atomic mass is 32.2. The second kappa shape index (κ2) is 13.2. The zero-order valence-electron chi connectivity index (χ0n) is 20.9. The Morgan fingerprint density at radius 3 is 2.15 bits per heavy atom. The highest BCUT2D eigenvalue weighted by Crippen LogP contribution is 2.30. The van der Waals surface area contributed by atoms with Crippen LogP contribution in [0.4, 0.5) is 36.2 Å². The van der Waals surface area contributed by atoms with Crippen molar-refractivity contribution in [2.24, 2.45) is 0 Å². The number of thioether (sulfide) groups is 1. The first kappa shape index (κ1) is 30.3. The molecular formula is C23H23F3N8O4S2. The number of hydrogen-bond acceptors (Lipinski definition) is 10. The third kappa shape index (κ3) is 8.65. The SMILES string of the molecule is CNS(=O)(=O)c1ccc(SC)c(Nc2cc(Nc3ccc(Cn4cnnc4)cc3)ncn2)c1.O=C(O)C(F)(F)F. The zero-order valence-corrected chi connectivity index (χ0v) is 22.5. The standard InChI is InChI=1S/C21H22N8O2S2.C2HF3O2/c1-22-33(30,31)17-7-8-19(32-2)18(9-17)28-21-10-20(23-12-24-21)27-16-5-3-15(4-6-16)11-29-13-25-26-14-29;3-2(4,5)1(6)7/h3-10,12-14,22H,11H2,1-2H3,(H2,23,24,27,28);(H,6,7). The molecule has 0 spiro atoms. The van der Waals surface area contributed by atoms with Gasteiger partial charge in [0.2, 0.25) is 10.0 Å². The maximum atomic E-state index is 12.2. The molecule has 12 nitrogen and oxygen atoms in total. The summed E-state index contributed by atoms with van der Waals surface area (Å²) in [6.45, 7) is 0.689. The Labute approximate surface area is 231 Å². The van der Waals surface area contributed by atoms with E-state index in [1.807, 2.05) is 35.1 Å². The number of sulfonamides is 1. The van der Waals surface area contributed by atoms with Crippen LogP contribution in [0.3, 0.4) is 0 Å².